The molecule has 1 aromatic carbocycles. The third-order valence-electron chi connectivity index (χ3n) is 1.96. The lowest BCUT2D eigenvalue weighted by Gasteiger charge is -2.09. The number of aliphatic hydroxyl groups is 1. The number of rotatable bonds is 2. The molecule has 0 unspecified atom stereocenters. The molecule has 72 valence electrons. The summed E-state index contributed by atoms with van der Waals surface area (Å²) < 4.78 is 26.0. The Labute approximate surface area is 76.0 Å². The Morgan fingerprint density at radius 3 is 2.31 bits per heavy atom. The molecule has 0 bridgehead atoms. The van der Waals surface area contributed by atoms with Crippen LogP contribution in [0.15, 0.2) is 12.1 Å². The van der Waals surface area contributed by atoms with Crippen LogP contribution in [-0.2, 0) is 6.61 Å². The zero-order chi connectivity index (χ0) is 10.0. The predicted octanol–water partition coefficient (Wildman–Crippen LogP) is 2.58. The molecule has 0 saturated heterocycles. The van der Waals surface area contributed by atoms with Gasteiger partial charge in [-0.25, -0.2) is 8.78 Å². The second kappa shape index (κ2) is 3.83. The number of aliphatic hydroxyl groups excluding tert-OH is 1. The SMILES string of the molecule is CC(C)c1cc(CO)c(F)cc1F. The molecule has 3 heteroatoms. The van der Waals surface area contributed by atoms with Gasteiger partial charge in [-0.2, -0.15) is 0 Å². The molecule has 0 amide bonds. The van der Waals surface area contributed by atoms with Gasteiger partial charge in [0.1, 0.15) is 11.6 Å². The molecule has 1 aromatic rings. The van der Waals surface area contributed by atoms with E-state index in [0.717, 1.165) is 6.07 Å². The fourth-order valence-corrected chi connectivity index (χ4v) is 1.18. The quantitative estimate of drug-likeness (QED) is 0.752. The van der Waals surface area contributed by atoms with E-state index < -0.39 is 18.2 Å². The van der Waals surface area contributed by atoms with Gasteiger partial charge in [0.15, 0.2) is 0 Å². The number of benzene rings is 1. The molecule has 0 aliphatic carbocycles. The van der Waals surface area contributed by atoms with Crippen LogP contribution in [0.1, 0.15) is 30.9 Å². The molecule has 1 N–H and O–H groups in total. The highest BCUT2D eigenvalue weighted by Gasteiger charge is 2.11. The van der Waals surface area contributed by atoms with Crippen LogP contribution in [0.2, 0.25) is 0 Å². The van der Waals surface area contributed by atoms with Crippen molar-refractivity contribution in [1.29, 1.82) is 0 Å². The monoisotopic (exact) mass is 186 g/mol. The van der Waals surface area contributed by atoms with E-state index in [-0.39, 0.29) is 11.5 Å². The molecule has 0 aliphatic rings. The number of hydrogen-bond donors (Lipinski definition) is 1. The minimum Gasteiger partial charge on any atom is -0.392 e. The topological polar surface area (TPSA) is 20.2 Å². The summed E-state index contributed by atoms with van der Waals surface area (Å²) in [6, 6.07) is 2.19. The summed E-state index contributed by atoms with van der Waals surface area (Å²) in [4.78, 5) is 0. The van der Waals surface area contributed by atoms with Crippen LogP contribution in [0.3, 0.4) is 0 Å². The van der Waals surface area contributed by atoms with Gasteiger partial charge < -0.3 is 5.11 Å². The smallest absolute Gasteiger partial charge is 0.131 e. The van der Waals surface area contributed by atoms with E-state index in [1.165, 1.54) is 6.07 Å². The Morgan fingerprint density at radius 2 is 1.85 bits per heavy atom. The van der Waals surface area contributed by atoms with Crippen molar-refractivity contribution in [2.24, 2.45) is 0 Å². The van der Waals surface area contributed by atoms with E-state index in [1.54, 1.807) is 0 Å². The average molecular weight is 186 g/mol. The molecular formula is C10H12F2O. The van der Waals surface area contributed by atoms with Crippen LogP contribution in [-0.4, -0.2) is 5.11 Å². The lowest BCUT2D eigenvalue weighted by atomic mass is 10.00. The molecular weight excluding hydrogens is 174 g/mol. The van der Waals surface area contributed by atoms with E-state index >= 15 is 0 Å². The molecule has 0 aliphatic heterocycles. The standard InChI is InChI=1S/C10H12F2O/c1-6(2)8-3-7(5-13)9(11)4-10(8)12/h3-4,6,13H,5H2,1-2H3. The van der Waals surface area contributed by atoms with E-state index in [9.17, 15) is 8.78 Å². The van der Waals surface area contributed by atoms with Crippen LogP contribution in [0, 0.1) is 11.6 Å². The Balaban J connectivity index is 3.22. The molecule has 0 atom stereocenters. The van der Waals surface area contributed by atoms with Gasteiger partial charge in [-0.05, 0) is 17.5 Å². The van der Waals surface area contributed by atoms with Crippen molar-refractivity contribution in [2.75, 3.05) is 0 Å². The van der Waals surface area contributed by atoms with Crippen LogP contribution >= 0.6 is 0 Å². The summed E-state index contributed by atoms with van der Waals surface area (Å²) in [5, 5.41) is 8.75. The van der Waals surface area contributed by atoms with Gasteiger partial charge in [0.25, 0.3) is 0 Å². The molecule has 0 radical (unpaired) electrons. The second-order valence-corrected chi connectivity index (χ2v) is 3.28. The van der Waals surface area contributed by atoms with E-state index in [2.05, 4.69) is 0 Å². The van der Waals surface area contributed by atoms with Gasteiger partial charge in [-0.3, -0.25) is 0 Å². The summed E-state index contributed by atoms with van der Waals surface area (Å²) in [5.74, 6) is -1.25. The fourth-order valence-electron chi connectivity index (χ4n) is 1.18. The maximum atomic E-state index is 13.1. The van der Waals surface area contributed by atoms with Crippen molar-refractivity contribution in [1.82, 2.24) is 0 Å². The van der Waals surface area contributed by atoms with E-state index in [0.29, 0.717) is 5.56 Å². The van der Waals surface area contributed by atoms with Crippen molar-refractivity contribution in [3.05, 3.63) is 34.9 Å². The van der Waals surface area contributed by atoms with Gasteiger partial charge in [-0.1, -0.05) is 13.8 Å². The molecule has 1 rings (SSSR count). The molecule has 0 fully saturated rings. The Morgan fingerprint density at radius 1 is 1.23 bits per heavy atom. The van der Waals surface area contributed by atoms with Crippen LogP contribution in [0.5, 0.6) is 0 Å². The van der Waals surface area contributed by atoms with Crippen molar-refractivity contribution >= 4 is 0 Å². The summed E-state index contributed by atoms with van der Waals surface area (Å²) in [5.41, 5.74) is 0.579. The molecule has 0 heterocycles. The summed E-state index contributed by atoms with van der Waals surface area (Å²) in [6.45, 7) is 3.24. The number of halogens is 2. The van der Waals surface area contributed by atoms with Crippen molar-refractivity contribution in [3.8, 4) is 0 Å². The fraction of sp³-hybridized carbons (Fsp3) is 0.400. The van der Waals surface area contributed by atoms with Crippen molar-refractivity contribution in [3.63, 3.8) is 0 Å². The molecule has 0 aromatic heterocycles. The minimum atomic E-state index is -0.690. The number of hydrogen-bond acceptors (Lipinski definition) is 1. The first kappa shape index (κ1) is 10.1. The highest BCUT2D eigenvalue weighted by atomic mass is 19.1. The highest BCUT2D eigenvalue weighted by molar-refractivity contribution is 5.28. The highest BCUT2D eigenvalue weighted by Crippen LogP contribution is 2.21. The lowest BCUT2D eigenvalue weighted by Crippen LogP contribution is -1.99. The Hall–Kier alpha value is -0.960. The first-order chi connectivity index (χ1) is 6.06. The van der Waals surface area contributed by atoms with Crippen molar-refractivity contribution in [2.45, 2.75) is 26.4 Å². The van der Waals surface area contributed by atoms with Gasteiger partial charge in [0, 0.05) is 11.6 Å². The van der Waals surface area contributed by atoms with Gasteiger partial charge in [-0.15, -0.1) is 0 Å². The van der Waals surface area contributed by atoms with Gasteiger partial charge >= 0.3 is 0 Å². The largest absolute Gasteiger partial charge is 0.392 e. The predicted molar refractivity (Wildman–Crippen MR) is 46.4 cm³/mol. The van der Waals surface area contributed by atoms with Crippen LogP contribution < -0.4 is 0 Å². The molecule has 13 heavy (non-hydrogen) atoms. The molecule has 0 spiro atoms. The first-order valence-corrected chi connectivity index (χ1v) is 4.15. The maximum absolute atomic E-state index is 13.1. The zero-order valence-electron chi connectivity index (χ0n) is 7.64. The van der Waals surface area contributed by atoms with Crippen molar-refractivity contribution < 1.29 is 13.9 Å². The van der Waals surface area contributed by atoms with E-state index in [4.69, 9.17) is 5.11 Å². The summed E-state index contributed by atoms with van der Waals surface area (Å²) in [7, 11) is 0. The summed E-state index contributed by atoms with van der Waals surface area (Å²) in [6.07, 6.45) is 0. The van der Waals surface area contributed by atoms with Crippen LogP contribution in [0.25, 0.3) is 0 Å². The normalized spacial score (nSPS) is 10.9. The first-order valence-electron chi connectivity index (χ1n) is 4.15. The molecule has 0 saturated carbocycles. The third-order valence-corrected chi connectivity index (χ3v) is 1.96. The minimum absolute atomic E-state index is 0.00843. The second-order valence-electron chi connectivity index (χ2n) is 3.28. The summed E-state index contributed by atoms with van der Waals surface area (Å²) >= 11 is 0. The lowest BCUT2D eigenvalue weighted by molar-refractivity contribution is 0.275. The zero-order valence-corrected chi connectivity index (χ0v) is 7.64. The average Bonchev–Trinajstić information content (AvgIpc) is 2.03. The maximum Gasteiger partial charge on any atom is 0.131 e. The Bertz CT molecular complexity index is 308. The van der Waals surface area contributed by atoms with Gasteiger partial charge in [0.2, 0.25) is 0 Å². The van der Waals surface area contributed by atoms with Gasteiger partial charge in [0.05, 0.1) is 6.61 Å². The third kappa shape index (κ3) is 2.04. The molecule has 1 nitrogen and oxygen atoms in total. The Kier molecular flexibility index (Phi) is 2.98. The van der Waals surface area contributed by atoms with E-state index in [1.807, 2.05) is 13.8 Å². The van der Waals surface area contributed by atoms with Crippen LogP contribution in [0.4, 0.5) is 8.78 Å².